The molecule has 1 fully saturated rings. The minimum atomic E-state index is -0.0737. The Labute approximate surface area is 153 Å². The van der Waals surface area contributed by atoms with Gasteiger partial charge in [0.05, 0.1) is 20.3 Å². The first-order valence-electron chi connectivity index (χ1n) is 8.64. The second kappa shape index (κ2) is 8.65. The summed E-state index contributed by atoms with van der Waals surface area (Å²) in [7, 11) is 1.59. The van der Waals surface area contributed by atoms with Crippen molar-refractivity contribution in [2.45, 2.75) is 6.54 Å². The molecule has 136 valence electrons. The van der Waals surface area contributed by atoms with Crippen LogP contribution < -0.4 is 4.74 Å². The highest BCUT2D eigenvalue weighted by atomic mass is 16.5. The van der Waals surface area contributed by atoms with E-state index >= 15 is 0 Å². The van der Waals surface area contributed by atoms with Crippen molar-refractivity contribution in [1.29, 1.82) is 0 Å². The van der Waals surface area contributed by atoms with Crippen LogP contribution in [0.5, 0.6) is 11.5 Å². The molecule has 0 spiro atoms. The van der Waals surface area contributed by atoms with Crippen LogP contribution in [0.25, 0.3) is 6.08 Å². The number of morpholine rings is 1. The van der Waals surface area contributed by atoms with E-state index in [9.17, 15) is 9.90 Å². The van der Waals surface area contributed by atoms with E-state index in [4.69, 9.17) is 9.47 Å². The van der Waals surface area contributed by atoms with Crippen molar-refractivity contribution in [3.05, 3.63) is 65.2 Å². The number of hydrogen-bond acceptors (Lipinski definition) is 5. The van der Waals surface area contributed by atoms with Crippen molar-refractivity contribution in [1.82, 2.24) is 4.90 Å². The Morgan fingerprint density at radius 1 is 1.19 bits per heavy atom. The van der Waals surface area contributed by atoms with Crippen LogP contribution in [0.1, 0.15) is 21.5 Å². The lowest BCUT2D eigenvalue weighted by Gasteiger charge is -2.26. The monoisotopic (exact) mass is 353 g/mol. The number of methoxy groups -OCH3 is 1. The summed E-state index contributed by atoms with van der Waals surface area (Å²) in [6.07, 6.45) is 3.32. The molecule has 5 nitrogen and oxygen atoms in total. The lowest BCUT2D eigenvalue weighted by Crippen LogP contribution is -2.35. The van der Waals surface area contributed by atoms with Gasteiger partial charge in [-0.25, -0.2) is 0 Å². The smallest absolute Gasteiger partial charge is 0.185 e. The van der Waals surface area contributed by atoms with Crippen LogP contribution in [0.3, 0.4) is 0 Å². The van der Waals surface area contributed by atoms with Crippen LogP contribution in [0, 0.1) is 0 Å². The Balaban J connectivity index is 1.69. The van der Waals surface area contributed by atoms with Crippen molar-refractivity contribution >= 4 is 11.9 Å². The normalized spacial score (nSPS) is 15.3. The summed E-state index contributed by atoms with van der Waals surface area (Å²) in [4.78, 5) is 14.5. The lowest BCUT2D eigenvalue weighted by molar-refractivity contribution is 0.0339. The molecule has 0 aliphatic carbocycles. The van der Waals surface area contributed by atoms with Gasteiger partial charge in [0.1, 0.15) is 11.5 Å². The molecule has 2 aromatic carbocycles. The molecule has 0 bridgehead atoms. The van der Waals surface area contributed by atoms with Gasteiger partial charge in [-0.05, 0) is 48.0 Å². The van der Waals surface area contributed by atoms with Gasteiger partial charge < -0.3 is 14.6 Å². The molecule has 0 amide bonds. The number of phenolic OH excluding ortho intramolecular Hbond substituents is 1. The van der Waals surface area contributed by atoms with Gasteiger partial charge in [-0.3, -0.25) is 9.69 Å². The first-order chi connectivity index (χ1) is 12.7. The van der Waals surface area contributed by atoms with Crippen molar-refractivity contribution in [2.24, 2.45) is 0 Å². The van der Waals surface area contributed by atoms with Crippen LogP contribution in [-0.2, 0) is 11.3 Å². The first kappa shape index (κ1) is 18.2. The summed E-state index contributed by atoms with van der Waals surface area (Å²) < 4.78 is 10.5. The van der Waals surface area contributed by atoms with Gasteiger partial charge in [0, 0.05) is 30.8 Å². The molecule has 0 atom stereocenters. The highest BCUT2D eigenvalue weighted by molar-refractivity contribution is 6.06. The number of ketones is 1. The molecule has 3 rings (SSSR count). The Hall–Kier alpha value is -2.63. The number of rotatable bonds is 6. The number of carbonyl (C=O) groups is 1. The zero-order valence-electron chi connectivity index (χ0n) is 14.9. The van der Waals surface area contributed by atoms with Crippen molar-refractivity contribution in [2.75, 3.05) is 33.4 Å². The zero-order valence-corrected chi connectivity index (χ0v) is 14.9. The summed E-state index contributed by atoms with van der Waals surface area (Å²) in [5.74, 6) is 0.919. The zero-order chi connectivity index (χ0) is 18.4. The number of carbonyl (C=O) groups excluding carboxylic acids is 1. The second-order valence-corrected chi connectivity index (χ2v) is 6.20. The molecule has 1 N–H and O–H groups in total. The van der Waals surface area contributed by atoms with Crippen LogP contribution in [0.2, 0.25) is 0 Å². The van der Waals surface area contributed by atoms with E-state index in [1.165, 1.54) is 0 Å². The minimum absolute atomic E-state index is 0.0737. The van der Waals surface area contributed by atoms with Gasteiger partial charge in [0.15, 0.2) is 5.78 Å². The van der Waals surface area contributed by atoms with E-state index in [0.29, 0.717) is 12.1 Å². The van der Waals surface area contributed by atoms with Gasteiger partial charge in [0.25, 0.3) is 0 Å². The number of hydrogen-bond donors (Lipinski definition) is 1. The SMILES string of the molecule is COc1ccc(C(=O)/C=C/c2ccc(O)c(CN3CCOCC3)c2)cc1. The molecule has 0 unspecified atom stereocenters. The third kappa shape index (κ3) is 4.71. The maximum atomic E-state index is 12.3. The summed E-state index contributed by atoms with van der Waals surface area (Å²) in [5.41, 5.74) is 2.34. The summed E-state index contributed by atoms with van der Waals surface area (Å²) in [6, 6.07) is 12.4. The standard InChI is InChI=1S/C21H23NO4/c1-25-19-6-4-17(5-7-19)20(23)8-2-16-3-9-21(24)18(14-16)15-22-10-12-26-13-11-22/h2-9,14,24H,10-13,15H2,1H3/b8-2+. The maximum Gasteiger partial charge on any atom is 0.185 e. The predicted molar refractivity (Wildman–Crippen MR) is 101 cm³/mol. The molecule has 0 radical (unpaired) electrons. The molecule has 1 aliphatic rings. The first-order valence-corrected chi connectivity index (χ1v) is 8.64. The molecular weight excluding hydrogens is 330 g/mol. The molecule has 2 aromatic rings. The average Bonchev–Trinajstić information content (AvgIpc) is 2.69. The highest BCUT2D eigenvalue weighted by Gasteiger charge is 2.13. The van der Waals surface area contributed by atoms with Crippen LogP contribution in [-0.4, -0.2) is 49.2 Å². The maximum absolute atomic E-state index is 12.3. The Bertz CT molecular complexity index is 777. The van der Waals surface area contributed by atoms with E-state index in [1.54, 1.807) is 55.7 Å². The quantitative estimate of drug-likeness (QED) is 0.639. The van der Waals surface area contributed by atoms with Crippen LogP contribution >= 0.6 is 0 Å². The van der Waals surface area contributed by atoms with Gasteiger partial charge in [-0.1, -0.05) is 12.1 Å². The molecule has 0 aromatic heterocycles. The van der Waals surface area contributed by atoms with E-state index in [2.05, 4.69) is 4.90 Å². The van der Waals surface area contributed by atoms with Crippen LogP contribution in [0.15, 0.2) is 48.5 Å². The van der Waals surface area contributed by atoms with E-state index < -0.39 is 0 Å². The molecule has 0 saturated carbocycles. The number of allylic oxidation sites excluding steroid dienone is 1. The fourth-order valence-corrected chi connectivity index (χ4v) is 2.86. The number of aromatic hydroxyl groups is 1. The second-order valence-electron chi connectivity index (χ2n) is 6.20. The fraction of sp³-hybridized carbons (Fsp3) is 0.286. The fourth-order valence-electron chi connectivity index (χ4n) is 2.86. The van der Waals surface area contributed by atoms with Crippen molar-refractivity contribution in [3.8, 4) is 11.5 Å². The van der Waals surface area contributed by atoms with Gasteiger partial charge in [-0.15, -0.1) is 0 Å². The van der Waals surface area contributed by atoms with Crippen molar-refractivity contribution in [3.63, 3.8) is 0 Å². The number of benzene rings is 2. The Morgan fingerprint density at radius 2 is 1.92 bits per heavy atom. The molecule has 1 saturated heterocycles. The lowest BCUT2D eigenvalue weighted by atomic mass is 10.1. The molecule has 1 aliphatic heterocycles. The van der Waals surface area contributed by atoms with E-state index in [-0.39, 0.29) is 11.5 Å². The predicted octanol–water partition coefficient (Wildman–Crippen LogP) is 3.13. The minimum Gasteiger partial charge on any atom is -0.508 e. The molecule has 1 heterocycles. The Morgan fingerprint density at radius 3 is 2.62 bits per heavy atom. The molecule has 5 heteroatoms. The molecule has 26 heavy (non-hydrogen) atoms. The van der Waals surface area contributed by atoms with Crippen LogP contribution in [0.4, 0.5) is 0 Å². The summed E-state index contributed by atoms with van der Waals surface area (Å²) in [6.45, 7) is 3.82. The van der Waals surface area contributed by atoms with E-state index in [1.807, 2.05) is 6.07 Å². The average molecular weight is 353 g/mol. The number of ether oxygens (including phenoxy) is 2. The number of phenols is 1. The number of nitrogens with zero attached hydrogens (tertiary/aromatic N) is 1. The topological polar surface area (TPSA) is 59.0 Å². The summed E-state index contributed by atoms with van der Waals surface area (Å²) in [5, 5.41) is 10.1. The third-order valence-electron chi connectivity index (χ3n) is 4.40. The van der Waals surface area contributed by atoms with E-state index in [0.717, 1.165) is 43.2 Å². The highest BCUT2D eigenvalue weighted by Crippen LogP contribution is 2.22. The third-order valence-corrected chi connectivity index (χ3v) is 4.40. The van der Waals surface area contributed by atoms with Crippen molar-refractivity contribution < 1.29 is 19.4 Å². The van der Waals surface area contributed by atoms with Gasteiger partial charge >= 0.3 is 0 Å². The van der Waals surface area contributed by atoms with Gasteiger partial charge in [0.2, 0.25) is 0 Å². The Kier molecular flexibility index (Phi) is 6.04. The summed E-state index contributed by atoms with van der Waals surface area (Å²) >= 11 is 0. The van der Waals surface area contributed by atoms with Gasteiger partial charge in [-0.2, -0.15) is 0 Å². The largest absolute Gasteiger partial charge is 0.508 e. The molecular formula is C21H23NO4.